The van der Waals surface area contributed by atoms with E-state index in [0.717, 1.165) is 0 Å². The van der Waals surface area contributed by atoms with Crippen LogP contribution >= 0.6 is 0 Å². The van der Waals surface area contributed by atoms with Gasteiger partial charge >= 0.3 is 11.9 Å². The topological polar surface area (TPSA) is 110 Å². The van der Waals surface area contributed by atoms with Crippen LogP contribution in [0.5, 0.6) is 5.75 Å². The number of benzene rings is 1. The number of halogens is 3. The van der Waals surface area contributed by atoms with Crippen LogP contribution in [0.3, 0.4) is 0 Å². The van der Waals surface area contributed by atoms with E-state index < -0.39 is 46.3 Å². The van der Waals surface area contributed by atoms with Crippen molar-refractivity contribution in [3.63, 3.8) is 0 Å². The quantitative estimate of drug-likeness (QED) is 0.564. The molecule has 4 N–H and O–H groups in total. The number of aliphatic hydroxyl groups excluding tert-OH is 1. The van der Waals surface area contributed by atoms with Gasteiger partial charge in [0.05, 0.1) is 23.1 Å². The van der Waals surface area contributed by atoms with E-state index in [1.54, 1.807) is 0 Å². The molecule has 0 amide bonds. The largest absolute Gasteiger partial charge is 0.502 e. The number of alkyl halides is 3. The SMILES string of the molecule is N[C@@H](CO)c1cc(C(F)(F)F)cc([N+](=O)[O-])c1O. The molecule has 0 radical (unpaired) electrons. The summed E-state index contributed by atoms with van der Waals surface area (Å²) < 4.78 is 37.5. The fourth-order valence-corrected chi connectivity index (χ4v) is 1.32. The van der Waals surface area contributed by atoms with E-state index in [2.05, 4.69) is 0 Å². The molecule has 1 aromatic rings. The maximum Gasteiger partial charge on any atom is 0.416 e. The van der Waals surface area contributed by atoms with E-state index >= 15 is 0 Å². The maximum absolute atomic E-state index is 12.5. The first kappa shape index (κ1) is 14.2. The number of nitro benzene ring substituents is 1. The van der Waals surface area contributed by atoms with E-state index in [4.69, 9.17) is 10.8 Å². The number of nitrogens with two attached hydrogens (primary N) is 1. The first-order valence-electron chi connectivity index (χ1n) is 4.63. The van der Waals surface area contributed by atoms with Crippen LogP contribution in [0, 0.1) is 10.1 Å². The maximum atomic E-state index is 12.5. The van der Waals surface area contributed by atoms with Gasteiger partial charge in [0, 0.05) is 11.6 Å². The van der Waals surface area contributed by atoms with Crippen LogP contribution in [0.1, 0.15) is 17.2 Å². The lowest BCUT2D eigenvalue weighted by molar-refractivity contribution is -0.386. The van der Waals surface area contributed by atoms with Gasteiger partial charge in [-0.3, -0.25) is 10.1 Å². The number of hydrogen-bond donors (Lipinski definition) is 3. The minimum absolute atomic E-state index is 0.211. The molecule has 6 nitrogen and oxygen atoms in total. The van der Waals surface area contributed by atoms with Gasteiger partial charge in [-0.2, -0.15) is 13.2 Å². The van der Waals surface area contributed by atoms with Gasteiger partial charge in [-0.15, -0.1) is 0 Å². The third-order valence-corrected chi connectivity index (χ3v) is 2.24. The Balaban J connectivity index is 3.52. The highest BCUT2D eigenvalue weighted by atomic mass is 19.4. The average molecular weight is 266 g/mol. The normalized spacial score (nSPS) is 13.4. The zero-order valence-electron chi connectivity index (χ0n) is 8.81. The lowest BCUT2D eigenvalue weighted by Gasteiger charge is -2.14. The Morgan fingerprint density at radius 1 is 1.44 bits per heavy atom. The van der Waals surface area contributed by atoms with Gasteiger partial charge in [0.2, 0.25) is 0 Å². The van der Waals surface area contributed by atoms with Gasteiger partial charge in [0.15, 0.2) is 5.75 Å². The van der Waals surface area contributed by atoms with Crippen molar-refractivity contribution in [1.29, 1.82) is 0 Å². The van der Waals surface area contributed by atoms with E-state index in [1.165, 1.54) is 0 Å². The molecule has 0 bridgehead atoms. The van der Waals surface area contributed by atoms with E-state index in [1.807, 2.05) is 0 Å². The molecule has 9 heteroatoms. The van der Waals surface area contributed by atoms with Crippen molar-refractivity contribution < 1.29 is 28.3 Å². The first-order chi connectivity index (χ1) is 8.18. The minimum Gasteiger partial charge on any atom is -0.502 e. The Bertz CT molecular complexity index is 476. The summed E-state index contributed by atoms with van der Waals surface area (Å²) in [6.45, 7) is -0.758. The highest BCUT2D eigenvalue weighted by Gasteiger charge is 2.35. The molecule has 0 unspecified atom stereocenters. The van der Waals surface area contributed by atoms with Crippen molar-refractivity contribution in [3.8, 4) is 5.75 Å². The molecule has 1 aromatic carbocycles. The number of nitrogens with zero attached hydrogens (tertiary/aromatic N) is 1. The minimum atomic E-state index is -4.82. The van der Waals surface area contributed by atoms with Crippen molar-refractivity contribution in [3.05, 3.63) is 33.4 Å². The first-order valence-corrected chi connectivity index (χ1v) is 4.63. The molecular formula is C9H9F3N2O4. The van der Waals surface area contributed by atoms with Crippen molar-refractivity contribution in [2.24, 2.45) is 5.73 Å². The summed E-state index contributed by atoms with van der Waals surface area (Å²) in [6, 6.07) is -0.655. The van der Waals surface area contributed by atoms with Gasteiger partial charge in [-0.05, 0) is 6.07 Å². The summed E-state index contributed by atoms with van der Waals surface area (Å²) in [7, 11) is 0. The monoisotopic (exact) mass is 266 g/mol. The van der Waals surface area contributed by atoms with Gasteiger partial charge in [-0.1, -0.05) is 0 Å². The van der Waals surface area contributed by atoms with Gasteiger partial charge in [0.25, 0.3) is 0 Å². The molecule has 0 aromatic heterocycles. The summed E-state index contributed by atoms with van der Waals surface area (Å²) >= 11 is 0. The zero-order chi connectivity index (χ0) is 14.1. The summed E-state index contributed by atoms with van der Waals surface area (Å²) in [4.78, 5) is 9.38. The summed E-state index contributed by atoms with van der Waals surface area (Å²) in [5, 5.41) is 28.7. The number of aliphatic hydroxyl groups is 1. The molecule has 0 aliphatic rings. The van der Waals surface area contributed by atoms with Crippen LogP contribution in [-0.2, 0) is 6.18 Å². The second-order valence-electron chi connectivity index (χ2n) is 3.48. The molecule has 0 fully saturated rings. The Labute approximate surface area is 98.6 Å². The Morgan fingerprint density at radius 3 is 2.39 bits per heavy atom. The molecular weight excluding hydrogens is 257 g/mol. The summed E-state index contributed by atoms with van der Waals surface area (Å²) in [5.41, 5.74) is 2.33. The van der Waals surface area contributed by atoms with Crippen LogP contribution in [0.25, 0.3) is 0 Å². The fraction of sp³-hybridized carbons (Fsp3) is 0.333. The number of rotatable bonds is 3. The fourth-order valence-electron chi connectivity index (χ4n) is 1.32. The Morgan fingerprint density at radius 2 is 2.00 bits per heavy atom. The molecule has 1 rings (SSSR count). The second-order valence-corrected chi connectivity index (χ2v) is 3.48. The molecule has 100 valence electrons. The number of phenols is 1. The second kappa shape index (κ2) is 4.78. The molecule has 0 heterocycles. The van der Waals surface area contributed by atoms with Crippen LogP contribution in [0.4, 0.5) is 18.9 Å². The van der Waals surface area contributed by atoms with Crippen LogP contribution in [0.15, 0.2) is 12.1 Å². The number of aromatic hydroxyl groups is 1. The predicted molar refractivity (Wildman–Crippen MR) is 53.8 cm³/mol. The zero-order valence-corrected chi connectivity index (χ0v) is 8.81. The van der Waals surface area contributed by atoms with E-state index in [9.17, 15) is 28.4 Å². The van der Waals surface area contributed by atoms with Crippen LogP contribution in [0.2, 0.25) is 0 Å². The number of phenolic OH excluding ortho intramolecular Hbond substituents is 1. The standard InChI is InChI=1S/C9H9F3N2O4/c10-9(11,12)4-1-5(6(13)3-15)8(16)7(2-4)14(17)18/h1-2,6,15-16H,3,13H2/t6-/m0/s1. The summed E-state index contributed by atoms with van der Waals surface area (Å²) in [5.74, 6) is -0.977. The number of nitro groups is 1. The van der Waals surface area contributed by atoms with Crippen molar-refractivity contribution in [1.82, 2.24) is 0 Å². The lowest BCUT2D eigenvalue weighted by Crippen LogP contribution is -2.17. The van der Waals surface area contributed by atoms with E-state index in [-0.39, 0.29) is 6.07 Å². The highest BCUT2D eigenvalue weighted by molar-refractivity contribution is 5.55. The van der Waals surface area contributed by atoms with Crippen molar-refractivity contribution in [2.75, 3.05) is 6.61 Å². The lowest BCUT2D eigenvalue weighted by atomic mass is 10.0. The van der Waals surface area contributed by atoms with Crippen molar-refractivity contribution in [2.45, 2.75) is 12.2 Å². The van der Waals surface area contributed by atoms with Gasteiger partial charge in [-0.25, -0.2) is 0 Å². The smallest absolute Gasteiger partial charge is 0.416 e. The molecule has 0 aliphatic carbocycles. The van der Waals surface area contributed by atoms with E-state index in [0.29, 0.717) is 6.07 Å². The Kier molecular flexibility index (Phi) is 3.77. The van der Waals surface area contributed by atoms with Crippen LogP contribution in [-0.4, -0.2) is 21.7 Å². The van der Waals surface area contributed by atoms with Crippen molar-refractivity contribution >= 4 is 5.69 Å². The van der Waals surface area contributed by atoms with Gasteiger partial charge in [0.1, 0.15) is 0 Å². The molecule has 0 saturated carbocycles. The predicted octanol–water partition coefficient (Wildman–Crippen LogP) is 1.31. The third-order valence-electron chi connectivity index (χ3n) is 2.24. The molecule has 0 saturated heterocycles. The average Bonchev–Trinajstić information content (AvgIpc) is 2.26. The molecule has 0 aliphatic heterocycles. The third kappa shape index (κ3) is 2.68. The van der Waals surface area contributed by atoms with Gasteiger partial charge < -0.3 is 15.9 Å². The number of hydrogen-bond acceptors (Lipinski definition) is 5. The van der Waals surface area contributed by atoms with Crippen LogP contribution < -0.4 is 5.73 Å². The Hall–Kier alpha value is -1.87. The summed E-state index contributed by atoms with van der Waals surface area (Å²) in [6.07, 6.45) is -4.82. The molecule has 1 atom stereocenters. The highest BCUT2D eigenvalue weighted by Crippen LogP contribution is 2.39. The molecule has 18 heavy (non-hydrogen) atoms. The molecule has 0 spiro atoms.